The number of rotatable bonds is 5. The van der Waals surface area contributed by atoms with Crippen LogP contribution in [0.1, 0.15) is 18.9 Å². The maximum absolute atomic E-state index is 11.5. The summed E-state index contributed by atoms with van der Waals surface area (Å²) < 4.78 is 4.76. The van der Waals surface area contributed by atoms with E-state index in [4.69, 9.17) is 4.74 Å². The zero-order chi connectivity index (χ0) is 13.4. The fourth-order valence-electron chi connectivity index (χ4n) is 1.23. The summed E-state index contributed by atoms with van der Waals surface area (Å²) >= 11 is 0. The Morgan fingerprint density at radius 2 is 1.94 bits per heavy atom. The van der Waals surface area contributed by atoms with Gasteiger partial charge in [0, 0.05) is 11.8 Å². The molecule has 1 N–H and O–H groups in total. The third-order valence-corrected chi connectivity index (χ3v) is 2.17. The fraction of sp³-hybridized carbons (Fsp3) is 0.286. The molecule has 0 heterocycles. The highest BCUT2D eigenvalue weighted by molar-refractivity contribution is 5.93. The van der Waals surface area contributed by atoms with Gasteiger partial charge < -0.3 is 10.1 Å². The number of hydrogen-bond donors (Lipinski definition) is 1. The van der Waals surface area contributed by atoms with Crippen LogP contribution in [-0.2, 0) is 14.3 Å². The molecule has 0 aliphatic rings. The monoisotopic (exact) mass is 247 g/mol. The molecule has 4 heteroatoms. The van der Waals surface area contributed by atoms with E-state index >= 15 is 0 Å². The zero-order valence-electron chi connectivity index (χ0n) is 10.6. The smallest absolute Gasteiger partial charge is 0.330 e. The summed E-state index contributed by atoms with van der Waals surface area (Å²) in [6.45, 7) is 3.60. The van der Waals surface area contributed by atoms with E-state index in [1.807, 2.05) is 26.0 Å². The molecule has 18 heavy (non-hydrogen) atoms. The second-order valence-corrected chi connectivity index (χ2v) is 3.83. The molecule has 96 valence electrons. The second kappa shape index (κ2) is 7.27. The van der Waals surface area contributed by atoms with Gasteiger partial charge in [0.2, 0.25) is 0 Å². The standard InChI is InChI=1S/C14H17NO3/c1-3-4-5-14(17)18-10-13(16)15-12-8-6-11(2)7-9-12/h4-9H,3,10H2,1-2H3,(H,15,16)/b5-4+. The van der Waals surface area contributed by atoms with Crippen LogP contribution in [0, 0.1) is 6.92 Å². The molecule has 0 bridgehead atoms. The molecular formula is C14H17NO3. The van der Waals surface area contributed by atoms with Gasteiger partial charge in [-0.05, 0) is 25.5 Å². The Hall–Kier alpha value is -2.10. The van der Waals surface area contributed by atoms with Crippen molar-refractivity contribution in [3.63, 3.8) is 0 Å². The topological polar surface area (TPSA) is 55.4 Å². The number of allylic oxidation sites excluding steroid dienone is 1. The predicted octanol–water partition coefficient (Wildman–Crippen LogP) is 2.44. The van der Waals surface area contributed by atoms with Gasteiger partial charge in [-0.15, -0.1) is 0 Å². The van der Waals surface area contributed by atoms with Crippen molar-refractivity contribution in [2.24, 2.45) is 0 Å². The molecule has 1 aromatic carbocycles. The number of hydrogen-bond acceptors (Lipinski definition) is 3. The summed E-state index contributed by atoms with van der Waals surface area (Å²) in [5, 5.41) is 2.64. The molecule has 0 atom stereocenters. The van der Waals surface area contributed by atoms with Gasteiger partial charge in [0.05, 0.1) is 0 Å². The van der Waals surface area contributed by atoms with Gasteiger partial charge >= 0.3 is 5.97 Å². The van der Waals surface area contributed by atoms with Gasteiger partial charge in [0.25, 0.3) is 5.91 Å². The minimum Gasteiger partial charge on any atom is -0.452 e. The number of ether oxygens (including phenoxy) is 1. The zero-order valence-corrected chi connectivity index (χ0v) is 10.6. The molecule has 0 saturated heterocycles. The Morgan fingerprint density at radius 3 is 2.56 bits per heavy atom. The fourth-order valence-corrected chi connectivity index (χ4v) is 1.23. The third-order valence-electron chi connectivity index (χ3n) is 2.17. The van der Waals surface area contributed by atoms with E-state index in [2.05, 4.69) is 5.32 Å². The molecule has 1 aromatic rings. The summed E-state index contributed by atoms with van der Waals surface area (Å²) in [5.41, 5.74) is 1.80. The Labute approximate surface area is 107 Å². The van der Waals surface area contributed by atoms with Crippen LogP contribution in [0.25, 0.3) is 0 Å². The van der Waals surface area contributed by atoms with Crippen molar-refractivity contribution < 1.29 is 14.3 Å². The first-order valence-corrected chi connectivity index (χ1v) is 5.81. The van der Waals surface area contributed by atoms with Crippen LogP contribution in [-0.4, -0.2) is 18.5 Å². The molecule has 4 nitrogen and oxygen atoms in total. The molecule has 0 fully saturated rings. The highest BCUT2D eigenvalue weighted by atomic mass is 16.5. The normalized spacial score (nSPS) is 10.3. The number of nitrogens with one attached hydrogen (secondary N) is 1. The summed E-state index contributed by atoms with van der Waals surface area (Å²) in [6.07, 6.45) is 3.75. The van der Waals surface area contributed by atoms with E-state index in [0.717, 1.165) is 12.0 Å². The van der Waals surface area contributed by atoms with Gasteiger partial charge in [-0.25, -0.2) is 4.79 Å². The second-order valence-electron chi connectivity index (χ2n) is 3.83. The first-order chi connectivity index (χ1) is 8.61. The first kappa shape index (κ1) is 14.0. The van der Waals surface area contributed by atoms with Crippen LogP contribution in [0.3, 0.4) is 0 Å². The number of amides is 1. The third kappa shape index (κ3) is 5.30. The Kier molecular flexibility index (Phi) is 5.64. The molecule has 0 saturated carbocycles. The molecule has 0 aliphatic heterocycles. The van der Waals surface area contributed by atoms with E-state index in [1.54, 1.807) is 18.2 Å². The maximum atomic E-state index is 11.5. The van der Waals surface area contributed by atoms with Crippen LogP contribution in [0.2, 0.25) is 0 Å². The number of carbonyl (C=O) groups is 2. The number of esters is 1. The highest BCUT2D eigenvalue weighted by Crippen LogP contribution is 2.08. The Bertz CT molecular complexity index is 435. The first-order valence-electron chi connectivity index (χ1n) is 5.81. The summed E-state index contributed by atoms with van der Waals surface area (Å²) in [6, 6.07) is 7.38. The van der Waals surface area contributed by atoms with Gasteiger partial charge in [-0.1, -0.05) is 30.7 Å². The maximum Gasteiger partial charge on any atom is 0.330 e. The van der Waals surface area contributed by atoms with Crippen molar-refractivity contribution >= 4 is 17.6 Å². The van der Waals surface area contributed by atoms with Crippen LogP contribution in [0.5, 0.6) is 0 Å². The van der Waals surface area contributed by atoms with Crippen LogP contribution < -0.4 is 5.32 Å². The lowest BCUT2D eigenvalue weighted by Gasteiger charge is -2.05. The van der Waals surface area contributed by atoms with E-state index in [9.17, 15) is 9.59 Å². The number of aryl methyl sites for hydroxylation is 1. The van der Waals surface area contributed by atoms with Crippen molar-refractivity contribution in [2.75, 3.05) is 11.9 Å². The van der Waals surface area contributed by atoms with Crippen molar-refractivity contribution in [1.29, 1.82) is 0 Å². The summed E-state index contributed by atoms with van der Waals surface area (Å²) in [5.74, 6) is -0.854. The van der Waals surface area contributed by atoms with Crippen LogP contribution >= 0.6 is 0 Å². The quantitative estimate of drug-likeness (QED) is 0.642. The number of benzene rings is 1. The molecule has 0 unspecified atom stereocenters. The molecule has 0 aliphatic carbocycles. The molecule has 0 aromatic heterocycles. The van der Waals surface area contributed by atoms with Gasteiger partial charge in [-0.3, -0.25) is 4.79 Å². The van der Waals surface area contributed by atoms with E-state index in [-0.39, 0.29) is 12.5 Å². The lowest BCUT2D eigenvalue weighted by atomic mass is 10.2. The van der Waals surface area contributed by atoms with Crippen molar-refractivity contribution in [3.05, 3.63) is 42.0 Å². The average Bonchev–Trinajstić information content (AvgIpc) is 2.36. The van der Waals surface area contributed by atoms with Gasteiger partial charge in [0.15, 0.2) is 6.61 Å². The lowest BCUT2D eigenvalue weighted by molar-refractivity contribution is -0.142. The molecule has 1 rings (SSSR count). The van der Waals surface area contributed by atoms with Crippen molar-refractivity contribution in [2.45, 2.75) is 20.3 Å². The van der Waals surface area contributed by atoms with E-state index in [0.29, 0.717) is 5.69 Å². The molecule has 0 radical (unpaired) electrons. The minimum absolute atomic E-state index is 0.277. The predicted molar refractivity (Wildman–Crippen MR) is 70.2 cm³/mol. The van der Waals surface area contributed by atoms with E-state index < -0.39 is 5.97 Å². The van der Waals surface area contributed by atoms with Crippen molar-refractivity contribution in [1.82, 2.24) is 0 Å². The molecule has 0 spiro atoms. The number of anilines is 1. The summed E-state index contributed by atoms with van der Waals surface area (Å²) in [7, 11) is 0. The SMILES string of the molecule is CC/C=C/C(=O)OCC(=O)Nc1ccc(C)cc1. The number of carbonyl (C=O) groups excluding carboxylic acids is 2. The highest BCUT2D eigenvalue weighted by Gasteiger charge is 2.05. The van der Waals surface area contributed by atoms with E-state index in [1.165, 1.54) is 6.08 Å². The summed E-state index contributed by atoms with van der Waals surface area (Å²) in [4.78, 5) is 22.6. The largest absolute Gasteiger partial charge is 0.452 e. The lowest BCUT2D eigenvalue weighted by Crippen LogP contribution is -2.20. The van der Waals surface area contributed by atoms with Crippen molar-refractivity contribution in [3.8, 4) is 0 Å². The Balaban J connectivity index is 2.36. The van der Waals surface area contributed by atoms with Crippen LogP contribution in [0.15, 0.2) is 36.4 Å². The minimum atomic E-state index is -0.504. The van der Waals surface area contributed by atoms with Gasteiger partial charge in [0.1, 0.15) is 0 Å². The molecule has 1 amide bonds. The molecular weight excluding hydrogens is 230 g/mol. The average molecular weight is 247 g/mol. The van der Waals surface area contributed by atoms with Crippen LogP contribution in [0.4, 0.5) is 5.69 Å². The van der Waals surface area contributed by atoms with Gasteiger partial charge in [-0.2, -0.15) is 0 Å². The Morgan fingerprint density at radius 1 is 1.28 bits per heavy atom.